The van der Waals surface area contributed by atoms with Gasteiger partial charge in [0.2, 0.25) is 0 Å². The maximum absolute atomic E-state index is 5.52. The van der Waals surface area contributed by atoms with Crippen LogP contribution in [-0.2, 0) is 11.3 Å². The first-order valence-electron chi connectivity index (χ1n) is 6.83. The highest BCUT2D eigenvalue weighted by atomic mass is 16.5. The van der Waals surface area contributed by atoms with E-state index in [1.807, 2.05) is 6.92 Å². The predicted octanol–water partition coefficient (Wildman–Crippen LogP) is 2.73. The molecule has 1 heterocycles. The first kappa shape index (κ1) is 13.4. The maximum atomic E-state index is 5.52. The quantitative estimate of drug-likeness (QED) is 0.867. The van der Waals surface area contributed by atoms with Gasteiger partial charge in [-0.05, 0) is 33.4 Å². The summed E-state index contributed by atoms with van der Waals surface area (Å²) in [6.45, 7) is 6.89. The minimum Gasteiger partial charge on any atom is -0.381 e. The molecule has 1 aromatic carbocycles. The van der Waals surface area contributed by atoms with Gasteiger partial charge in [0.15, 0.2) is 0 Å². The molecule has 3 heteroatoms. The highest BCUT2D eigenvalue weighted by Crippen LogP contribution is 2.22. The van der Waals surface area contributed by atoms with E-state index in [2.05, 4.69) is 48.5 Å². The number of rotatable bonds is 5. The summed E-state index contributed by atoms with van der Waals surface area (Å²) in [6.07, 6.45) is 1.21. The van der Waals surface area contributed by atoms with Crippen LogP contribution in [0.25, 0.3) is 0 Å². The van der Waals surface area contributed by atoms with Crippen LogP contribution in [0.1, 0.15) is 25.8 Å². The van der Waals surface area contributed by atoms with Crippen molar-refractivity contribution < 1.29 is 4.74 Å². The summed E-state index contributed by atoms with van der Waals surface area (Å²) in [5.74, 6) is 0. The zero-order valence-corrected chi connectivity index (χ0v) is 11.6. The van der Waals surface area contributed by atoms with Crippen molar-refractivity contribution >= 4 is 5.69 Å². The molecule has 1 aromatic rings. The maximum Gasteiger partial charge on any atom is 0.0736 e. The monoisotopic (exact) mass is 248 g/mol. The molecule has 1 fully saturated rings. The van der Waals surface area contributed by atoms with Gasteiger partial charge in [0.05, 0.1) is 6.61 Å². The van der Waals surface area contributed by atoms with Crippen LogP contribution >= 0.6 is 0 Å². The van der Waals surface area contributed by atoms with E-state index in [0.717, 1.165) is 13.2 Å². The molecule has 18 heavy (non-hydrogen) atoms. The van der Waals surface area contributed by atoms with Crippen molar-refractivity contribution in [2.75, 3.05) is 25.5 Å². The SMILES string of the molecule is CCOCc1ccccc1NC1CC(C)N(C)C1. The number of para-hydroxylation sites is 1. The first-order chi connectivity index (χ1) is 8.70. The van der Waals surface area contributed by atoms with E-state index in [9.17, 15) is 0 Å². The molecular weight excluding hydrogens is 224 g/mol. The van der Waals surface area contributed by atoms with Gasteiger partial charge in [-0.3, -0.25) is 0 Å². The molecule has 0 spiro atoms. The zero-order valence-electron chi connectivity index (χ0n) is 11.6. The van der Waals surface area contributed by atoms with E-state index >= 15 is 0 Å². The fraction of sp³-hybridized carbons (Fsp3) is 0.600. The van der Waals surface area contributed by atoms with Crippen molar-refractivity contribution in [1.82, 2.24) is 4.90 Å². The minimum absolute atomic E-state index is 0.549. The summed E-state index contributed by atoms with van der Waals surface area (Å²) in [7, 11) is 2.19. The van der Waals surface area contributed by atoms with Gasteiger partial charge in [-0.25, -0.2) is 0 Å². The number of hydrogen-bond donors (Lipinski definition) is 1. The van der Waals surface area contributed by atoms with Crippen LogP contribution < -0.4 is 5.32 Å². The zero-order chi connectivity index (χ0) is 13.0. The Balaban J connectivity index is 2.00. The molecule has 1 aliphatic rings. The molecule has 2 rings (SSSR count). The van der Waals surface area contributed by atoms with Gasteiger partial charge in [-0.15, -0.1) is 0 Å². The van der Waals surface area contributed by atoms with Crippen LogP contribution in [-0.4, -0.2) is 37.2 Å². The summed E-state index contributed by atoms with van der Waals surface area (Å²) < 4.78 is 5.52. The number of ether oxygens (including phenoxy) is 1. The first-order valence-corrected chi connectivity index (χ1v) is 6.83. The topological polar surface area (TPSA) is 24.5 Å². The summed E-state index contributed by atoms with van der Waals surface area (Å²) in [6, 6.07) is 9.66. The van der Waals surface area contributed by atoms with E-state index in [4.69, 9.17) is 4.74 Å². The second kappa shape index (κ2) is 6.21. The molecule has 1 aliphatic heterocycles. The Morgan fingerprint density at radius 3 is 2.83 bits per heavy atom. The van der Waals surface area contributed by atoms with E-state index in [1.54, 1.807) is 0 Å². The van der Waals surface area contributed by atoms with Gasteiger partial charge in [0.25, 0.3) is 0 Å². The standard InChI is InChI=1S/C15H24N2O/c1-4-18-11-13-7-5-6-8-15(13)16-14-9-12(2)17(3)10-14/h5-8,12,14,16H,4,9-11H2,1-3H3. The average molecular weight is 248 g/mol. The van der Waals surface area contributed by atoms with Crippen LogP contribution in [0.5, 0.6) is 0 Å². The lowest BCUT2D eigenvalue weighted by Gasteiger charge is -2.17. The van der Waals surface area contributed by atoms with Crippen LogP contribution in [0.15, 0.2) is 24.3 Å². The molecule has 0 saturated carbocycles. The van der Waals surface area contributed by atoms with Gasteiger partial charge in [0.1, 0.15) is 0 Å². The fourth-order valence-electron chi connectivity index (χ4n) is 2.52. The number of anilines is 1. The average Bonchev–Trinajstić information content (AvgIpc) is 2.67. The van der Waals surface area contributed by atoms with E-state index in [0.29, 0.717) is 18.7 Å². The Labute approximate surface area is 110 Å². The number of nitrogens with zero attached hydrogens (tertiary/aromatic N) is 1. The smallest absolute Gasteiger partial charge is 0.0736 e. The van der Waals surface area contributed by atoms with Crippen molar-refractivity contribution in [2.45, 2.75) is 39.0 Å². The molecule has 1 N–H and O–H groups in total. The van der Waals surface area contributed by atoms with Crippen LogP contribution in [0, 0.1) is 0 Å². The van der Waals surface area contributed by atoms with Crippen molar-refractivity contribution in [3.05, 3.63) is 29.8 Å². The molecule has 0 aromatic heterocycles. The van der Waals surface area contributed by atoms with Gasteiger partial charge in [-0.1, -0.05) is 18.2 Å². The molecule has 2 unspecified atom stereocenters. The Kier molecular flexibility index (Phi) is 4.61. The summed E-state index contributed by atoms with van der Waals surface area (Å²) >= 11 is 0. The molecule has 100 valence electrons. The van der Waals surface area contributed by atoms with Crippen molar-refractivity contribution in [1.29, 1.82) is 0 Å². The van der Waals surface area contributed by atoms with E-state index < -0.39 is 0 Å². The Hall–Kier alpha value is -1.06. The Morgan fingerprint density at radius 2 is 2.17 bits per heavy atom. The lowest BCUT2D eigenvalue weighted by molar-refractivity contribution is 0.134. The second-order valence-corrected chi connectivity index (χ2v) is 5.16. The number of likely N-dealkylation sites (N-methyl/N-ethyl adjacent to an activating group) is 1. The van der Waals surface area contributed by atoms with Gasteiger partial charge in [-0.2, -0.15) is 0 Å². The molecule has 0 bridgehead atoms. The molecule has 0 radical (unpaired) electrons. The van der Waals surface area contributed by atoms with Crippen LogP contribution in [0.3, 0.4) is 0 Å². The highest BCUT2D eigenvalue weighted by Gasteiger charge is 2.26. The van der Waals surface area contributed by atoms with Gasteiger partial charge in [0, 0.05) is 36.5 Å². The van der Waals surface area contributed by atoms with Crippen LogP contribution in [0.2, 0.25) is 0 Å². The molecule has 1 saturated heterocycles. The fourth-order valence-corrected chi connectivity index (χ4v) is 2.52. The molecule has 0 amide bonds. The minimum atomic E-state index is 0.549. The number of benzene rings is 1. The lowest BCUT2D eigenvalue weighted by atomic mass is 10.1. The van der Waals surface area contributed by atoms with Gasteiger partial charge >= 0.3 is 0 Å². The third kappa shape index (κ3) is 3.24. The summed E-state index contributed by atoms with van der Waals surface area (Å²) in [5, 5.41) is 3.66. The van der Waals surface area contributed by atoms with E-state index in [-0.39, 0.29) is 0 Å². The van der Waals surface area contributed by atoms with Crippen molar-refractivity contribution in [3.63, 3.8) is 0 Å². The van der Waals surface area contributed by atoms with E-state index in [1.165, 1.54) is 17.7 Å². The molecule has 2 atom stereocenters. The van der Waals surface area contributed by atoms with Crippen molar-refractivity contribution in [2.24, 2.45) is 0 Å². The molecule has 0 aliphatic carbocycles. The summed E-state index contributed by atoms with van der Waals surface area (Å²) in [4.78, 5) is 2.41. The molecular formula is C15H24N2O. The number of likely N-dealkylation sites (tertiary alicyclic amines) is 1. The third-order valence-corrected chi connectivity index (χ3v) is 3.73. The Morgan fingerprint density at radius 1 is 1.39 bits per heavy atom. The Bertz CT molecular complexity index is 371. The summed E-state index contributed by atoms with van der Waals surface area (Å²) in [5.41, 5.74) is 2.47. The third-order valence-electron chi connectivity index (χ3n) is 3.73. The number of hydrogen-bond acceptors (Lipinski definition) is 3. The van der Waals surface area contributed by atoms with Crippen LogP contribution in [0.4, 0.5) is 5.69 Å². The van der Waals surface area contributed by atoms with Gasteiger partial charge < -0.3 is 15.0 Å². The molecule has 3 nitrogen and oxygen atoms in total. The largest absolute Gasteiger partial charge is 0.381 e. The normalized spacial score (nSPS) is 24.4. The number of nitrogens with one attached hydrogen (secondary N) is 1. The predicted molar refractivity (Wildman–Crippen MR) is 75.9 cm³/mol. The second-order valence-electron chi connectivity index (χ2n) is 5.16. The lowest BCUT2D eigenvalue weighted by Crippen LogP contribution is -2.25. The van der Waals surface area contributed by atoms with Crippen molar-refractivity contribution in [3.8, 4) is 0 Å². The highest BCUT2D eigenvalue weighted by molar-refractivity contribution is 5.51.